The molecule has 4 aromatic rings. The number of aromatic nitrogens is 1. The number of fused-ring (bicyclic) bond motifs is 3. The highest BCUT2D eigenvalue weighted by Gasteiger charge is 2.20. The smallest absolute Gasteiger partial charge is 0.103 e. The average Bonchev–Trinajstić information content (AvgIpc) is 3.08. The lowest BCUT2D eigenvalue weighted by atomic mass is 10.1. The van der Waals surface area contributed by atoms with Gasteiger partial charge in [0.05, 0.1) is 13.1 Å². The minimum absolute atomic E-state index is 1.01. The quantitative estimate of drug-likeness (QED) is 0.461. The molecule has 0 unspecified atom stereocenters. The second-order valence-electron chi connectivity index (χ2n) is 8.45. The number of benzene rings is 3. The van der Waals surface area contributed by atoms with Crippen molar-refractivity contribution >= 4 is 37.7 Å². The summed E-state index contributed by atoms with van der Waals surface area (Å²) in [5.41, 5.74) is 5.56. The molecular formula is C26H29BrN3+. The molecule has 0 spiro atoms. The Balaban J connectivity index is 1.28. The lowest BCUT2D eigenvalue weighted by Gasteiger charge is -2.32. The molecule has 1 aromatic heterocycles. The molecule has 1 aliphatic heterocycles. The van der Waals surface area contributed by atoms with Crippen molar-refractivity contribution in [2.75, 3.05) is 26.2 Å². The van der Waals surface area contributed by atoms with Gasteiger partial charge in [-0.2, -0.15) is 0 Å². The van der Waals surface area contributed by atoms with Crippen LogP contribution in [0.25, 0.3) is 21.8 Å². The Bertz CT molecular complexity index is 1170. The minimum Gasteiger partial charge on any atom is -0.341 e. The highest BCUT2D eigenvalue weighted by molar-refractivity contribution is 9.10. The van der Waals surface area contributed by atoms with E-state index in [4.69, 9.17) is 0 Å². The second kappa shape index (κ2) is 8.54. The van der Waals surface area contributed by atoms with Crippen LogP contribution in [-0.4, -0.2) is 35.6 Å². The predicted molar refractivity (Wildman–Crippen MR) is 129 cm³/mol. The molecule has 1 N–H and O–H groups in total. The van der Waals surface area contributed by atoms with Gasteiger partial charge in [0, 0.05) is 58.0 Å². The Morgan fingerprint density at radius 1 is 0.833 bits per heavy atom. The molecule has 1 saturated heterocycles. The molecule has 0 saturated carbocycles. The van der Waals surface area contributed by atoms with Crippen LogP contribution in [0.4, 0.5) is 0 Å². The Morgan fingerprint density at radius 2 is 1.63 bits per heavy atom. The third-order valence-electron chi connectivity index (χ3n) is 6.47. The normalized spacial score (nSPS) is 15.9. The fourth-order valence-electron chi connectivity index (χ4n) is 4.94. The molecule has 154 valence electrons. The van der Waals surface area contributed by atoms with Crippen molar-refractivity contribution in [3.05, 3.63) is 82.3 Å². The highest BCUT2D eigenvalue weighted by atomic mass is 79.9. The zero-order valence-electron chi connectivity index (χ0n) is 17.6. The number of aryl methyl sites for hydroxylation is 1. The first-order valence-corrected chi connectivity index (χ1v) is 11.8. The number of halogens is 1. The number of nitrogens with zero attached hydrogens (tertiary/aromatic N) is 2. The van der Waals surface area contributed by atoms with Gasteiger partial charge in [-0.05, 0) is 42.8 Å². The predicted octanol–water partition coefficient (Wildman–Crippen LogP) is 4.48. The van der Waals surface area contributed by atoms with Crippen molar-refractivity contribution in [3.8, 4) is 0 Å². The van der Waals surface area contributed by atoms with E-state index in [0.717, 1.165) is 19.6 Å². The van der Waals surface area contributed by atoms with E-state index in [1.165, 1.54) is 63.6 Å². The summed E-state index contributed by atoms with van der Waals surface area (Å²) >= 11 is 3.59. The Labute approximate surface area is 187 Å². The van der Waals surface area contributed by atoms with Crippen LogP contribution in [0.1, 0.15) is 18.1 Å². The maximum absolute atomic E-state index is 3.59. The van der Waals surface area contributed by atoms with Gasteiger partial charge < -0.3 is 9.47 Å². The molecule has 0 atom stereocenters. The van der Waals surface area contributed by atoms with Crippen molar-refractivity contribution in [1.82, 2.24) is 9.47 Å². The van der Waals surface area contributed by atoms with Crippen molar-refractivity contribution < 1.29 is 4.90 Å². The van der Waals surface area contributed by atoms with Crippen LogP contribution in [0.3, 0.4) is 0 Å². The van der Waals surface area contributed by atoms with E-state index in [-0.39, 0.29) is 0 Å². The molecule has 1 fully saturated rings. The standard InChI is InChI=1S/C26H28BrN3/c1-2-30-25-9-4-3-8-23(25)24-17-21(10-11-26(24)30)19-29-14-12-28(13-15-29)18-20-6-5-7-22(27)16-20/h3-11,16-17H,2,12-15,18-19H2,1H3/p+1. The van der Waals surface area contributed by atoms with Crippen LogP contribution in [0.2, 0.25) is 0 Å². The Kier molecular flexibility index (Phi) is 5.64. The zero-order chi connectivity index (χ0) is 20.5. The highest BCUT2D eigenvalue weighted by Crippen LogP contribution is 2.29. The summed E-state index contributed by atoms with van der Waals surface area (Å²) in [5, 5.41) is 2.78. The fraction of sp³-hybridized carbons (Fsp3) is 0.308. The van der Waals surface area contributed by atoms with Crippen LogP contribution in [-0.2, 0) is 19.6 Å². The molecule has 2 heterocycles. The van der Waals surface area contributed by atoms with E-state index in [9.17, 15) is 0 Å². The molecule has 3 aromatic carbocycles. The van der Waals surface area contributed by atoms with Crippen LogP contribution in [0, 0.1) is 0 Å². The first-order chi connectivity index (χ1) is 14.7. The topological polar surface area (TPSA) is 12.6 Å². The monoisotopic (exact) mass is 462 g/mol. The van der Waals surface area contributed by atoms with Crippen LogP contribution >= 0.6 is 15.9 Å². The summed E-state index contributed by atoms with van der Waals surface area (Å²) in [5.74, 6) is 0. The summed E-state index contributed by atoms with van der Waals surface area (Å²) in [6, 6.07) is 24.6. The molecule has 1 aliphatic rings. The number of para-hydroxylation sites is 1. The van der Waals surface area contributed by atoms with Gasteiger partial charge in [0.15, 0.2) is 0 Å². The van der Waals surface area contributed by atoms with Crippen molar-refractivity contribution in [2.45, 2.75) is 26.6 Å². The van der Waals surface area contributed by atoms with Gasteiger partial charge in [-0.15, -0.1) is 0 Å². The SMILES string of the molecule is CCn1c2ccccc2c2cc(C[NH+]3CCN(Cc4cccc(Br)c4)CC3)ccc21. The van der Waals surface area contributed by atoms with E-state index in [1.54, 1.807) is 4.90 Å². The minimum atomic E-state index is 1.01. The number of rotatable bonds is 5. The number of hydrogen-bond donors (Lipinski definition) is 1. The third kappa shape index (κ3) is 3.92. The van der Waals surface area contributed by atoms with Crippen molar-refractivity contribution in [2.24, 2.45) is 0 Å². The maximum atomic E-state index is 3.59. The second-order valence-corrected chi connectivity index (χ2v) is 9.36. The van der Waals surface area contributed by atoms with E-state index < -0.39 is 0 Å². The molecular weight excluding hydrogens is 434 g/mol. The van der Waals surface area contributed by atoms with Gasteiger partial charge in [0.2, 0.25) is 0 Å². The summed E-state index contributed by atoms with van der Waals surface area (Å²) in [6.45, 7) is 10.2. The van der Waals surface area contributed by atoms with Gasteiger partial charge in [-0.1, -0.05) is 52.3 Å². The van der Waals surface area contributed by atoms with E-state index >= 15 is 0 Å². The van der Waals surface area contributed by atoms with Gasteiger partial charge >= 0.3 is 0 Å². The molecule has 0 radical (unpaired) electrons. The molecule has 0 aliphatic carbocycles. The summed E-state index contributed by atoms with van der Waals surface area (Å²) in [7, 11) is 0. The van der Waals surface area contributed by atoms with Crippen molar-refractivity contribution in [1.29, 1.82) is 0 Å². The average molecular weight is 463 g/mol. The molecule has 0 bridgehead atoms. The van der Waals surface area contributed by atoms with Crippen molar-refractivity contribution in [3.63, 3.8) is 0 Å². The van der Waals surface area contributed by atoms with Crippen LogP contribution < -0.4 is 4.90 Å². The number of hydrogen-bond acceptors (Lipinski definition) is 1. The number of piperazine rings is 1. The lowest BCUT2D eigenvalue weighted by molar-refractivity contribution is -0.918. The molecule has 4 heteroatoms. The van der Waals surface area contributed by atoms with Gasteiger partial charge in [0.25, 0.3) is 0 Å². The molecule has 5 rings (SSSR count). The molecule has 0 amide bonds. The third-order valence-corrected chi connectivity index (χ3v) is 6.96. The van der Waals surface area contributed by atoms with E-state index in [0.29, 0.717) is 0 Å². The largest absolute Gasteiger partial charge is 0.341 e. The fourth-order valence-corrected chi connectivity index (χ4v) is 5.38. The van der Waals surface area contributed by atoms with Gasteiger partial charge in [0.1, 0.15) is 6.54 Å². The maximum Gasteiger partial charge on any atom is 0.103 e. The molecule has 3 nitrogen and oxygen atoms in total. The lowest BCUT2D eigenvalue weighted by Crippen LogP contribution is -3.13. The summed E-state index contributed by atoms with van der Waals surface area (Å²) in [6.07, 6.45) is 0. The molecule has 30 heavy (non-hydrogen) atoms. The summed E-state index contributed by atoms with van der Waals surface area (Å²) in [4.78, 5) is 4.28. The zero-order valence-corrected chi connectivity index (χ0v) is 19.2. The first-order valence-electron chi connectivity index (χ1n) is 11.0. The number of quaternary nitrogens is 1. The Morgan fingerprint density at radius 3 is 2.43 bits per heavy atom. The first kappa shape index (κ1) is 19.8. The number of nitrogens with one attached hydrogen (secondary N) is 1. The van der Waals surface area contributed by atoms with Crippen LogP contribution in [0.5, 0.6) is 0 Å². The van der Waals surface area contributed by atoms with Gasteiger partial charge in [-0.3, -0.25) is 4.90 Å². The van der Waals surface area contributed by atoms with E-state index in [1.807, 2.05) is 0 Å². The summed E-state index contributed by atoms with van der Waals surface area (Å²) < 4.78 is 3.60. The Hall–Kier alpha value is -2.14. The van der Waals surface area contributed by atoms with Gasteiger partial charge in [-0.25, -0.2) is 0 Å². The van der Waals surface area contributed by atoms with E-state index in [2.05, 4.69) is 99.1 Å². The van der Waals surface area contributed by atoms with Crippen LogP contribution in [0.15, 0.2) is 71.2 Å².